The first-order valence-electron chi connectivity index (χ1n) is 9.67. The molecule has 0 aliphatic rings. The van der Waals surface area contributed by atoms with E-state index >= 15 is 0 Å². The molecule has 7 heteroatoms. The first kappa shape index (κ1) is 23.3. The molecule has 5 nitrogen and oxygen atoms in total. The van der Waals surface area contributed by atoms with Crippen molar-refractivity contribution >= 4 is 35.5 Å². The standard InChI is InChI=1S/C22H27NO4S2/c1-3-23(4-2,13-15-28-19-11-7-5-9-17(19)21(24)25)14-16-29-20-12-8-6-10-18(20)22(26)27/h5-12H,3-4,13-16H2,1-2H3,(H-,24,25,26,27)/p+1. The Hall–Kier alpha value is -1.96. The number of hydrogen-bond donors (Lipinski definition) is 2. The molecule has 0 fully saturated rings. The van der Waals surface area contributed by atoms with Gasteiger partial charge in [0.2, 0.25) is 0 Å². The Kier molecular flexibility index (Phi) is 9.07. The van der Waals surface area contributed by atoms with Gasteiger partial charge in [0.15, 0.2) is 0 Å². The molecule has 0 saturated heterocycles. The van der Waals surface area contributed by atoms with E-state index in [-0.39, 0.29) is 0 Å². The molecule has 0 atom stereocenters. The fourth-order valence-electron chi connectivity index (χ4n) is 3.20. The minimum Gasteiger partial charge on any atom is -0.478 e. The third-order valence-electron chi connectivity index (χ3n) is 5.22. The molecule has 0 saturated carbocycles. The summed E-state index contributed by atoms with van der Waals surface area (Å²) in [7, 11) is 0. The summed E-state index contributed by atoms with van der Waals surface area (Å²) in [5.41, 5.74) is 0.703. The van der Waals surface area contributed by atoms with Gasteiger partial charge >= 0.3 is 11.9 Å². The van der Waals surface area contributed by atoms with Crippen molar-refractivity contribution in [1.82, 2.24) is 0 Å². The quantitative estimate of drug-likeness (QED) is 0.368. The molecule has 2 aromatic rings. The summed E-state index contributed by atoms with van der Waals surface area (Å²) < 4.78 is 0.921. The van der Waals surface area contributed by atoms with Crippen LogP contribution in [0.5, 0.6) is 0 Å². The van der Waals surface area contributed by atoms with Gasteiger partial charge in [-0.25, -0.2) is 9.59 Å². The van der Waals surface area contributed by atoms with Gasteiger partial charge in [0.05, 0.1) is 37.3 Å². The van der Waals surface area contributed by atoms with E-state index in [1.807, 2.05) is 24.3 Å². The number of carboxylic acids is 2. The van der Waals surface area contributed by atoms with E-state index < -0.39 is 11.9 Å². The van der Waals surface area contributed by atoms with Crippen molar-refractivity contribution in [3.63, 3.8) is 0 Å². The van der Waals surface area contributed by atoms with Crippen LogP contribution in [0.3, 0.4) is 0 Å². The smallest absolute Gasteiger partial charge is 0.336 e. The van der Waals surface area contributed by atoms with E-state index in [0.717, 1.165) is 52.0 Å². The molecule has 0 aliphatic heterocycles. The Balaban J connectivity index is 1.96. The Morgan fingerprint density at radius 2 is 1.14 bits per heavy atom. The maximum atomic E-state index is 11.4. The monoisotopic (exact) mass is 434 g/mol. The number of thioether (sulfide) groups is 2. The van der Waals surface area contributed by atoms with Crippen molar-refractivity contribution in [2.24, 2.45) is 0 Å². The minimum absolute atomic E-state index is 0.351. The van der Waals surface area contributed by atoms with Crippen LogP contribution in [0.15, 0.2) is 58.3 Å². The maximum absolute atomic E-state index is 11.4. The molecule has 0 heterocycles. The molecule has 156 valence electrons. The number of hydrogen-bond acceptors (Lipinski definition) is 4. The maximum Gasteiger partial charge on any atom is 0.336 e. The van der Waals surface area contributed by atoms with E-state index in [2.05, 4.69) is 13.8 Å². The third kappa shape index (κ3) is 6.52. The topological polar surface area (TPSA) is 74.6 Å². The number of benzene rings is 2. The number of rotatable bonds is 12. The van der Waals surface area contributed by atoms with Crippen LogP contribution in [0, 0.1) is 0 Å². The van der Waals surface area contributed by atoms with Gasteiger partial charge in [0.25, 0.3) is 0 Å². The number of nitrogens with zero attached hydrogens (tertiary/aromatic N) is 1. The highest BCUT2D eigenvalue weighted by molar-refractivity contribution is 7.99. The molecule has 2 rings (SSSR count). The predicted molar refractivity (Wildman–Crippen MR) is 119 cm³/mol. The van der Waals surface area contributed by atoms with Crippen LogP contribution in [-0.2, 0) is 0 Å². The number of quaternary nitrogens is 1. The second-order valence-corrected chi connectivity index (χ2v) is 8.99. The van der Waals surface area contributed by atoms with Gasteiger partial charge < -0.3 is 14.7 Å². The first-order valence-corrected chi connectivity index (χ1v) is 11.6. The fraction of sp³-hybridized carbons (Fsp3) is 0.364. The lowest BCUT2D eigenvalue weighted by atomic mass is 10.2. The molecule has 0 spiro atoms. The second-order valence-electron chi connectivity index (χ2n) is 6.72. The molecular weight excluding hydrogens is 406 g/mol. The van der Waals surface area contributed by atoms with Gasteiger partial charge in [0.1, 0.15) is 0 Å². The summed E-state index contributed by atoms with van der Waals surface area (Å²) in [6.07, 6.45) is 0. The second kappa shape index (κ2) is 11.3. The SMILES string of the molecule is CC[N+](CC)(CCSc1ccccc1C(=O)O)CCSc1ccccc1C(=O)O. The molecule has 0 unspecified atom stereocenters. The Morgan fingerprint density at radius 1 is 0.759 bits per heavy atom. The largest absolute Gasteiger partial charge is 0.478 e. The summed E-state index contributed by atoms with van der Waals surface area (Å²) in [5, 5.41) is 18.7. The molecule has 0 amide bonds. The summed E-state index contributed by atoms with van der Waals surface area (Å²) >= 11 is 3.18. The molecule has 2 N–H and O–H groups in total. The number of carbonyl (C=O) groups is 2. The highest BCUT2D eigenvalue weighted by Gasteiger charge is 2.23. The van der Waals surface area contributed by atoms with Gasteiger partial charge in [-0.2, -0.15) is 0 Å². The Labute approximate surface area is 180 Å². The first-order chi connectivity index (χ1) is 13.9. The van der Waals surface area contributed by atoms with E-state index in [4.69, 9.17) is 0 Å². The van der Waals surface area contributed by atoms with Crippen molar-refractivity contribution in [3.8, 4) is 0 Å². The molecule has 2 aromatic carbocycles. The zero-order valence-corrected chi connectivity index (χ0v) is 18.5. The molecule has 0 radical (unpaired) electrons. The van der Waals surface area contributed by atoms with Gasteiger partial charge in [-0.15, -0.1) is 23.5 Å². The van der Waals surface area contributed by atoms with Gasteiger partial charge in [-0.1, -0.05) is 24.3 Å². The molecule has 0 bridgehead atoms. The number of aromatic carboxylic acids is 2. The van der Waals surface area contributed by atoms with Gasteiger partial charge in [0, 0.05) is 21.3 Å². The lowest BCUT2D eigenvalue weighted by Gasteiger charge is -2.37. The van der Waals surface area contributed by atoms with Gasteiger partial charge in [-0.05, 0) is 38.1 Å². The summed E-state index contributed by atoms with van der Waals surface area (Å²) in [6.45, 7) is 8.20. The summed E-state index contributed by atoms with van der Waals surface area (Å²) in [4.78, 5) is 24.4. The molecular formula is C22H28NO4S2+. The minimum atomic E-state index is -0.895. The lowest BCUT2D eigenvalue weighted by molar-refractivity contribution is -0.920. The summed E-state index contributed by atoms with van der Waals surface area (Å²) in [6, 6.07) is 14.2. The van der Waals surface area contributed by atoms with Gasteiger partial charge in [-0.3, -0.25) is 0 Å². The van der Waals surface area contributed by atoms with Crippen LogP contribution in [0.2, 0.25) is 0 Å². The normalized spacial score (nSPS) is 11.4. The van der Waals surface area contributed by atoms with Crippen molar-refractivity contribution in [2.75, 3.05) is 37.7 Å². The highest BCUT2D eigenvalue weighted by Crippen LogP contribution is 2.26. The van der Waals surface area contributed by atoms with Crippen LogP contribution in [0.25, 0.3) is 0 Å². The zero-order valence-electron chi connectivity index (χ0n) is 16.8. The fourth-order valence-corrected chi connectivity index (χ4v) is 5.57. The van der Waals surface area contributed by atoms with Crippen molar-refractivity contribution in [3.05, 3.63) is 59.7 Å². The number of carboxylic acid groups (broad SMARTS) is 2. The van der Waals surface area contributed by atoms with Crippen LogP contribution in [0.1, 0.15) is 34.6 Å². The molecule has 0 aliphatic carbocycles. The zero-order chi connectivity index (χ0) is 21.3. The van der Waals surface area contributed by atoms with E-state index in [9.17, 15) is 19.8 Å². The average molecular weight is 435 g/mol. The van der Waals surface area contributed by atoms with Crippen molar-refractivity contribution in [2.45, 2.75) is 23.6 Å². The lowest BCUT2D eigenvalue weighted by Crippen LogP contribution is -2.50. The summed E-state index contributed by atoms with van der Waals surface area (Å²) in [5.74, 6) is -0.119. The predicted octanol–water partition coefficient (Wildman–Crippen LogP) is 4.82. The third-order valence-corrected chi connectivity index (χ3v) is 7.33. The molecule has 0 aromatic heterocycles. The molecule has 29 heavy (non-hydrogen) atoms. The van der Waals surface area contributed by atoms with Crippen LogP contribution >= 0.6 is 23.5 Å². The van der Waals surface area contributed by atoms with Crippen molar-refractivity contribution in [1.29, 1.82) is 0 Å². The average Bonchev–Trinajstić information content (AvgIpc) is 2.73. The van der Waals surface area contributed by atoms with Crippen molar-refractivity contribution < 1.29 is 24.3 Å². The van der Waals surface area contributed by atoms with E-state index in [1.165, 1.54) is 0 Å². The van der Waals surface area contributed by atoms with E-state index in [1.54, 1.807) is 47.8 Å². The highest BCUT2D eigenvalue weighted by atomic mass is 32.2. The Bertz CT molecular complexity index is 772. The van der Waals surface area contributed by atoms with Crippen LogP contribution in [0.4, 0.5) is 0 Å². The van der Waals surface area contributed by atoms with E-state index in [0.29, 0.717) is 11.1 Å². The van der Waals surface area contributed by atoms with Crippen LogP contribution in [-0.4, -0.2) is 64.3 Å². The van der Waals surface area contributed by atoms with Crippen LogP contribution < -0.4 is 0 Å². The Morgan fingerprint density at radius 3 is 1.48 bits per heavy atom.